The van der Waals surface area contributed by atoms with Crippen LogP contribution in [0.5, 0.6) is 11.5 Å². The van der Waals surface area contributed by atoms with Gasteiger partial charge in [0.05, 0.1) is 46.2 Å². The van der Waals surface area contributed by atoms with Gasteiger partial charge in [-0.1, -0.05) is 42.5 Å². The van der Waals surface area contributed by atoms with Gasteiger partial charge in [0.25, 0.3) is 0 Å². The molecule has 2 aliphatic rings. The summed E-state index contributed by atoms with van der Waals surface area (Å²) in [5.74, 6) is 1.75. The van der Waals surface area contributed by atoms with Crippen molar-refractivity contribution in [3.63, 3.8) is 0 Å². The van der Waals surface area contributed by atoms with E-state index in [0.29, 0.717) is 45.9 Å². The van der Waals surface area contributed by atoms with Crippen LogP contribution in [-0.4, -0.2) is 62.2 Å². The smallest absolute Gasteiger partial charge is 0.407 e. The zero-order chi connectivity index (χ0) is 28.4. The molecule has 3 aromatic rings. The first-order chi connectivity index (χ1) is 20.1. The minimum absolute atomic E-state index is 0.110. The number of likely N-dealkylation sites (tertiary alicyclic amines) is 1. The molecule has 1 amide bonds. The van der Waals surface area contributed by atoms with Crippen LogP contribution in [0.25, 0.3) is 0 Å². The predicted octanol–water partition coefficient (Wildman–Crippen LogP) is 6.09. The fraction of sp³-hybridized carbons (Fsp3) is 0.424. The third-order valence-electron chi connectivity index (χ3n) is 7.87. The molecule has 0 unspecified atom stereocenters. The third kappa shape index (κ3) is 7.71. The van der Waals surface area contributed by atoms with Crippen LogP contribution >= 0.6 is 0 Å². The highest BCUT2D eigenvalue weighted by Gasteiger charge is 2.33. The van der Waals surface area contributed by atoms with Gasteiger partial charge in [-0.05, 0) is 60.2 Å². The molecule has 0 radical (unpaired) electrons. The van der Waals surface area contributed by atoms with E-state index in [2.05, 4.69) is 35.6 Å². The SMILES string of the molecule is COc1ccccc1COCCCOc1ccc([C@H]2CCN(C(=O)O)C[C@@H]2OCc2ccc3c(c2)NCCC3)cc1. The van der Waals surface area contributed by atoms with Gasteiger partial charge in [-0.25, -0.2) is 4.79 Å². The highest BCUT2D eigenvalue weighted by atomic mass is 16.5. The average molecular weight is 561 g/mol. The molecule has 2 aliphatic heterocycles. The molecular weight excluding hydrogens is 520 g/mol. The molecule has 5 rings (SSSR count). The van der Waals surface area contributed by atoms with Crippen LogP contribution in [0.4, 0.5) is 10.5 Å². The summed E-state index contributed by atoms with van der Waals surface area (Å²) >= 11 is 0. The second-order valence-corrected chi connectivity index (χ2v) is 10.6. The lowest BCUT2D eigenvalue weighted by Crippen LogP contribution is -2.46. The van der Waals surface area contributed by atoms with Gasteiger partial charge >= 0.3 is 6.09 Å². The first kappa shape index (κ1) is 28.8. The Hall–Kier alpha value is -3.75. The molecule has 8 nitrogen and oxygen atoms in total. The molecule has 0 aliphatic carbocycles. The Balaban J connectivity index is 1.12. The zero-order valence-corrected chi connectivity index (χ0v) is 23.7. The number of hydrogen-bond donors (Lipinski definition) is 2. The number of anilines is 1. The van der Waals surface area contributed by atoms with Crippen LogP contribution in [0.3, 0.4) is 0 Å². The van der Waals surface area contributed by atoms with Gasteiger partial charge in [-0.2, -0.15) is 0 Å². The monoisotopic (exact) mass is 560 g/mol. The molecule has 41 heavy (non-hydrogen) atoms. The van der Waals surface area contributed by atoms with Gasteiger partial charge in [0, 0.05) is 36.7 Å². The Morgan fingerprint density at radius 1 is 1.05 bits per heavy atom. The van der Waals surface area contributed by atoms with Crippen molar-refractivity contribution in [2.75, 3.05) is 45.3 Å². The van der Waals surface area contributed by atoms with Crippen molar-refractivity contribution in [1.29, 1.82) is 0 Å². The molecule has 1 saturated heterocycles. The Morgan fingerprint density at radius 2 is 1.90 bits per heavy atom. The summed E-state index contributed by atoms with van der Waals surface area (Å²) < 4.78 is 23.5. The number of hydrogen-bond acceptors (Lipinski definition) is 6. The fourth-order valence-corrected chi connectivity index (χ4v) is 5.61. The topological polar surface area (TPSA) is 89.5 Å². The maximum Gasteiger partial charge on any atom is 0.407 e. The minimum Gasteiger partial charge on any atom is -0.496 e. The molecule has 8 heteroatoms. The van der Waals surface area contributed by atoms with E-state index < -0.39 is 6.09 Å². The first-order valence-electron chi connectivity index (χ1n) is 14.5. The first-order valence-corrected chi connectivity index (χ1v) is 14.5. The summed E-state index contributed by atoms with van der Waals surface area (Å²) in [6.07, 6.45) is 2.62. The lowest BCUT2D eigenvalue weighted by molar-refractivity contribution is -0.0199. The standard InChI is InChI=1S/C33H40N2O6/c1-38-31-8-3-2-6-27(31)23-39-18-5-19-40-28-13-11-25(12-14-28)29-15-17-35(33(36)37)21-32(29)41-22-24-9-10-26-7-4-16-34-30(26)20-24/h2-3,6,8-14,20,29,32,34H,4-5,7,15-19,21-23H2,1H3,(H,36,37)/t29-,32+/m1/s1. The fourth-order valence-electron chi connectivity index (χ4n) is 5.61. The van der Waals surface area contributed by atoms with Crippen LogP contribution < -0.4 is 14.8 Å². The Bertz CT molecular complexity index is 1280. The summed E-state index contributed by atoms with van der Waals surface area (Å²) in [4.78, 5) is 13.2. The maximum atomic E-state index is 11.7. The largest absolute Gasteiger partial charge is 0.496 e. The van der Waals surface area contributed by atoms with Crippen LogP contribution in [0.1, 0.15) is 47.4 Å². The van der Waals surface area contributed by atoms with Crippen LogP contribution in [0, 0.1) is 0 Å². The quantitative estimate of drug-likeness (QED) is 0.259. The van der Waals surface area contributed by atoms with E-state index in [-0.39, 0.29) is 12.0 Å². The second-order valence-electron chi connectivity index (χ2n) is 10.6. The van der Waals surface area contributed by atoms with Crippen LogP contribution in [0.2, 0.25) is 0 Å². The lowest BCUT2D eigenvalue weighted by atomic mass is 9.87. The lowest BCUT2D eigenvalue weighted by Gasteiger charge is -2.37. The van der Waals surface area contributed by atoms with Crippen molar-refractivity contribution < 1.29 is 28.8 Å². The average Bonchev–Trinajstić information content (AvgIpc) is 3.02. The van der Waals surface area contributed by atoms with E-state index in [9.17, 15) is 9.90 Å². The Kier molecular flexibility index (Phi) is 9.99. The van der Waals surface area contributed by atoms with Crippen molar-refractivity contribution in [2.45, 2.75) is 50.9 Å². The molecule has 2 heterocycles. The number of aryl methyl sites for hydroxylation is 1. The molecule has 2 atom stereocenters. The number of carboxylic acid groups (broad SMARTS) is 1. The zero-order valence-electron chi connectivity index (χ0n) is 23.7. The summed E-state index contributed by atoms with van der Waals surface area (Å²) in [6.45, 7) is 3.95. The maximum absolute atomic E-state index is 11.7. The number of piperidine rings is 1. The molecule has 0 spiro atoms. The van der Waals surface area contributed by atoms with Gasteiger partial charge in [0.15, 0.2) is 0 Å². The number of rotatable bonds is 12. The Morgan fingerprint density at radius 3 is 2.73 bits per heavy atom. The van der Waals surface area contributed by atoms with Gasteiger partial charge in [0.1, 0.15) is 11.5 Å². The van der Waals surface area contributed by atoms with E-state index in [0.717, 1.165) is 54.0 Å². The van der Waals surface area contributed by atoms with Crippen LogP contribution in [-0.2, 0) is 29.1 Å². The van der Waals surface area contributed by atoms with Gasteiger partial charge in [-0.15, -0.1) is 0 Å². The van der Waals surface area contributed by atoms with E-state index in [1.54, 1.807) is 7.11 Å². The summed E-state index contributed by atoms with van der Waals surface area (Å²) in [5.41, 5.74) is 5.79. The van der Waals surface area contributed by atoms with Crippen molar-refractivity contribution in [3.8, 4) is 11.5 Å². The predicted molar refractivity (Wildman–Crippen MR) is 158 cm³/mol. The summed E-state index contributed by atoms with van der Waals surface area (Å²) in [6, 6.07) is 22.4. The molecule has 3 aromatic carbocycles. The number of nitrogens with one attached hydrogen (secondary N) is 1. The van der Waals surface area contributed by atoms with Gasteiger partial charge in [-0.3, -0.25) is 0 Å². The number of para-hydroxylation sites is 1. The highest BCUT2D eigenvalue weighted by molar-refractivity contribution is 5.65. The van der Waals surface area contributed by atoms with Crippen LogP contribution in [0.15, 0.2) is 66.7 Å². The third-order valence-corrected chi connectivity index (χ3v) is 7.87. The number of ether oxygens (including phenoxy) is 4. The number of amides is 1. The molecule has 1 fully saturated rings. The molecule has 218 valence electrons. The number of fused-ring (bicyclic) bond motifs is 1. The number of methoxy groups -OCH3 is 1. The molecule has 0 saturated carbocycles. The molecule has 2 N–H and O–H groups in total. The number of nitrogens with zero attached hydrogens (tertiary/aromatic N) is 1. The van der Waals surface area contributed by atoms with Gasteiger partial charge < -0.3 is 34.3 Å². The molecular formula is C33H40N2O6. The summed E-state index contributed by atoms with van der Waals surface area (Å²) in [7, 11) is 1.66. The molecule has 0 bridgehead atoms. The van der Waals surface area contributed by atoms with Gasteiger partial charge in [0.2, 0.25) is 0 Å². The van der Waals surface area contributed by atoms with E-state index in [1.807, 2.05) is 36.4 Å². The summed E-state index contributed by atoms with van der Waals surface area (Å²) in [5, 5.41) is 13.1. The van der Waals surface area contributed by atoms with Crippen molar-refractivity contribution in [3.05, 3.63) is 89.0 Å². The minimum atomic E-state index is -0.898. The number of carbonyl (C=O) groups is 1. The Labute approximate surface area is 242 Å². The number of benzene rings is 3. The second kappa shape index (κ2) is 14.2. The van der Waals surface area contributed by atoms with Crippen molar-refractivity contribution in [1.82, 2.24) is 4.90 Å². The van der Waals surface area contributed by atoms with Crippen molar-refractivity contribution in [2.24, 2.45) is 0 Å². The van der Waals surface area contributed by atoms with E-state index in [1.165, 1.54) is 16.2 Å². The van der Waals surface area contributed by atoms with E-state index in [4.69, 9.17) is 18.9 Å². The molecule has 0 aromatic heterocycles. The highest BCUT2D eigenvalue weighted by Crippen LogP contribution is 2.33. The van der Waals surface area contributed by atoms with E-state index >= 15 is 0 Å². The normalized spacial score (nSPS) is 18.3. The van der Waals surface area contributed by atoms with Crippen molar-refractivity contribution >= 4 is 11.8 Å².